The Morgan fingerprint density at radius 2 is 2.07 bits per heavy atom. The van der Waals surface area contributed by atoms with E-state index in [0.717, 1.165) is 12.8 Å². The molecule has 9 heteroatoms. The molecule has 0 spiro atoms. The van der Waals surface area contributed by atoms with Gasteiger partial charge in [-0.25, -0.2) is 4.98 Å². The van der Waals surface area contributed by atoms with E-state index in [2.05, 4.69) is 4.98 Å². The second kappa shape index (κ2) is 9.89. The summed E-state index contributed by atoms with van der Waals surface area (Å²) in [6.45, 7) is 1.31. The van der Waals surface area contributed by atoms with Gasteiger partial charge in [-0.3, -0.25) is 14.5 Å². The second-order valence-corrected chi connectivity index (χ2v) is 8.80. The molecule has 1 amide bonds. The van der Waals surface area contributed by atoms with E-state index >= 15 is 0 Å². The summed E-state index contributed by atoms with van der Waals surface area (Å²) in [5, 5.41) is 12.6. The fourth-order valence-corrected chi connectivity index (χ4v) is 4.65. The Kier molecular flexibility index (Phi) is 7.51. The van der Waals surface area contributed by atoms with Crippen LogP contribution in [0.2, 0.25) is 10.0 Å². The molecule has 0 bridgehead atoms. The predicted molar refractivity (Wildman–Crippen MR) is 115 cm³/mol. The molecule has 29 heavy (non-hydrogen) atoms. The molecule has 1 fully saturated rings. The van der Waals surface area contributed by atoms with E-state index < -0.39 is 11.9 Å². The van der Waals surface area contributed by atoms with Crippen molar-refractivity contribution in [2.24, 2.45) is 11.8 Å². The maximum atomic E-state index is 13.1. The smallest absolute Gasteiger partial charge is 0.304 e. The molecule has 1 aromatic heterocycles. The summed E-state index contributed by atoms with van der Waals surface area (Å²) in [5.41, 5.74) is 1.31. The van der Waals surface area contributed by atoms with Crippen LogP contribution in [-0.4, -0.2) is 42.2 Å². The third-order valence-electron chi connectivity index (χ3n) is 5.04. The number of halogens is 2. The van der Waals surface area contributed by atoms with Crippen molar-refractivity contribution in [3.8, 4) is 11.3 Å². The van der Waals surface area contributed by atoms with E-state index in [1.807, 2.05) is 0 Å². The van der Waals surface area contributed by atoms with Crippen molar-refractivity contribution in [1.82, 2.24) is 4.98 Å². The SMILES string of the molecule is CN(C(=O)C(CC(=O)O)CC1CCOCC1)c1nc(-c2cc(Cl)ccc2Cl)cs1. The third-order valence-corrected chi connectivity index (χ3v) is 6.52. The number of hydrogen-bond donors (Lipinski definition) is 1. The van der Waals surface area contributed by atoms with Crippen LogP contribution in [0.3, 0.4) is 0 Å². The van der Waals surface area contributed by atoms with E-state index in [1.165, 1.54) is 16.2 Å². The fraction of sp³-hybridized carbons (Fsp3) is 0.450. The van der Waals surface area contributed by atoms with Gasteiger partial charge in [-0.15, -0.1) is 11.3 Å². The fourth-order valence-electron chi connectivity index (χ4n) is 3.47. The Balaban J connectivity index is 1.77. The van der Waals surface area contributed by atoms with Gasteiger partial charge < -0.3 is 9.84 Å². The topological polar surface area (TPSA) is 79.7 Å². The summed E-state index contributed by atoms with van der Waals surface area (Å²) in [6.07, 6.45) is 2.04. The number of carboxylic acid groups (broad SMARTS) is 1. The van der Waals surface area contributed by atoms with Crippen LogP contribution >= 0.6 is 34.5 Å². The largest absolute Gasteiger partial charge is 0.481 e. The van der Waals surface area contributed by atoms with Crippen LogP contribution in [-0.2, 0) is 14.3 Å². The highest BCUT2D eigenvalue weighted by Crippen LogP contribution is 2.34. The summed E-state index contributed by atoms with van der Waals surface area (Å²) in [5.74, 6) is -1.52. The van der Waals surface area contributed by atoms with Crippen molar-refractivity contribution in [3.63, 3.8) is 0 Å². The number of carboxylic acids is 1. The molecule has 1 aliphatic rings. The van der Waals surface area contributed by atoms with Gasteiger partial charge >= 0.3 is 5.97 Å². The zero-order valence-electron chi connectivity index (χ0n) is 15.9. The number of carbonyl (C=O) groups excluding carboxylic acids is 1. The summed E-state index contributed by atoms with van der Waals surface area (Å²) >= 11 is 13.6. The Morgan fingerprint density at radius 3 is 2.76 bits per heavy atom. The number of aromatic nitrogens is 1. The van der Waals surface area contributed by atoms with Gasteiger partial charge in [0, 0.05) is 42.1 Å². The lowest BCUT2D eigenvalue weighted by Gasteiger charge is -2.27. The van der Waals surface area contributed by atoms with Crippen molar-refractivity contribution >= 4 is 51.5 Å². The molecule has 1 aliphatic heterocycles. The first-order valence-electron chi connectivity index (χ1n) is 9.33. The van der Waals surface area contributed by atoms with Gasteiger partial charge in [-0.2, -0.15) is 0 Å². The Labute approximate surface area is 183 Å². The molecule has 1 saturated heterocycles. The van der Waals surface area contributed by atoms with Crippen LogP contribution in [0.25, 0.3) is 11.3 Å². The number of aliphatic carboxylic acids is 1. The molecule has 1 unspecified atom stereocenters. The van der Waals surface area contributed by atoms with Crippen LogP contribution in [0.5, 0.6) is 0 Å². The number of benzene rings is 1. The highest BCUT2D eigenvalue weighted by Gasteiger charge is 2.30. The maximum Gasteiger partial charge on any atom is 0.304 e. The summed E-state index contributed by atoms with van der Waals surface area (Å²) in [7, 11) is 1.63. The molecular weight excluding hydrogens is 435 g/mol. The van der Waals surface area contributed by atoms with Crippen LogP contribution < -0.4 is 4.90 Å². The van der Waals surface area contributed by atoms with Gasteiger partial charge in [0.15, 0.2) is 5.13 Å². The minimum atomic E-state index is -0.977. The number of carbonyl (C=O) groups is 2. The van der Waals surface area contributed by atoms with E-state index in [0.29, 0.717) is 52.0 Å². The first kappa shape index (κ1) is 22.0. The molecule has 1 atom stereocenters. The minimum Gasteiger partial charge on any atom is -0.481 e. The first-order chi connectivity index (χ1) is 13.8. The molecule has 0 aliphatic carbocycles. The molecule has 156 valence electrons. The first-order valence-corrected chi connectivity index (χ1v) is 11.0. The summed E-state index contributed by atoms with van der Waals surface area (Å²) in [6, 6.07) is 5.12. The van der Waals surface area contributed by atoms with E-state index in [1.54, 1.807) is 30.6 Å². The number of ether oxygens (including phenoxy) is 1. The number of nitrogens with zero attached hydrogens (tertiary/aromatic N) is 2. The van der Waals surface area contributed by atoms with Crippen LogP contribution in [0.4, 0.5) is 5.13 Å². The predicted octanol–water partition coefficient (Wildman–Crippen LogP) is 4.99. The Morgan fingerprint density at radius 1 is 1.34 bits per heavy atom. The zero-order chi connectivity index (χ0) is 21.0. The number of thiazole rings is 1. The molecule has 0 radical (unpaired) electrons. The highest BCUT2D eigenvalue weighted by molar-refractivity contribution is 7.14. The standard InChI is InChI=1S/C20H22Cl2N2O4S/c1-24(19(27)13(9-18(25)26)8-12-4-6-28-7-5-12)20-23-17(11-29-20)15-10-14(21)2-3-16(15)22/h2-3,10-13H,4-9H2,1H3,(H,25,26). The van der Waals surface area contributed by atoms with Crippen molar-refractivity contribution in [3.05, 3.63) is 33.6 Å². The molecule has 1 aromatic carbocycles. The lowest BCUT2D eigenvalue weighted by molar-refractivity contribution is -0.141. The Bertz CT molecular complexity index is 883. The van der Waals surface area contributed by atoms with E-state index in [-0.39, 0.29) is 12.3 Å². The van der Waals surface area contributed by atoms with Crippen molar-refractivity contribution in [2.45, 2.75) is 25.7 Å². The normalized spacial score (nSPS) is 15.8. The molecule has 6 nitrogen and oxygen atoms in total. The van der Waals surface area contributed by atoms with Gasteiger partial charge in [-0.1, -0.05) is 23.2 Å². The quantitative estimate of drug-likeness (QED) is 0.634. The van der Waals surface area contributed by atoms with Crippen LogP contribution in [0, 0.1) is 11.8 Å². The lowest BCUT2D eigenvalue weighted by atomic mass is 9.86. The van der Waals surface area contributed by atoms with Crippen molar-refractivity contribution < 1.29 is 19.4 Å². The molecule has 2 heterocycles. The van der Waals surface area contributed by atoms with Crippen LogP contribution in [0.1, 0.15) is 25.7 Å². The van der Waals surface area contributed by atoms with Crippen molar-refractivity contribution in [1.29, 1.82) is 0 Å². The average Bonchev–Trinajstić information content (AvgIpc) is 3.18. The van der Waals surface area contributed by atoms with E-state index in [4.69, 9.17) is 27.9 Å². The minimum absolute atomic E-state index is 0.196. The van der Waals surface area contributed by atoms with Gasteiger partial charge in [-0.05, 0) is 43.4 Å². The summed E-state index contributed by atoms with van der Waals surface area (Å²) < 4.78 is 5.36. The number of rotatable bonds is 7. The number of anilines is 1. The third kappa shape index (κ3) is 5.69. The van der Waals surface area contributed by atoms with Crippen LogP contribution in [0.15, 0.2) is 23.6 Å². The lowest BCUT2D eigenvalue weighted by Crippen LogP contribution is -2.35. The molecule has 0 saturated carbocycles. The monoisotopic (exact) mass is 456 g/mol. The molecule has 1 N–H and O–H groups in total. The van der Waals surface area contributed by atoms with Gasteiger partial charge in [0.2, 0.25) is 5.91 Å². The van der Waals surface area contributed by atoms with E-state index in [9.17, 15) is 14.7 Å². The van der Waals surface area contributed by atoms with Gasteiger partial charge in [0.25, 0.3) is 0 Å². The van der Waals surface area contributed by atoms with Gasteiger partial charge in [0.1, 0.15) is 0 Å². The number of amides is 1. The summed E-state index contributed by atoms with van der Waals surface area (Å²) in [4.78, 5) is 30.4. The van der Waals surface area contributed by atoms with Gasteiger partial charge in [0.05, 0.1) is 17.1 Å². The zero-order valence-corrected chi connectivity index (χ0v) is 18.3. The molecular formula is C20H22Cl2N2O4S. The maximum absolute atomic E-state index is 13.1. The Hall–Kier alpha value is -1.67. The average molecular weight is 457 g/mol. The second-order valence-electron chi connectivity index (χ2n) is 7.12. The molecule has 3 rings (SSSR count). The molecule has 2 aromatic rings. The number of hydrogen-bond acceptors (Lipinski definition) is 5. The van der Waals surface area contributed by atoms with Crippen molar-refractivity contribution in [2.75, 3.05) is 25.2 Å². The highest BCUT2D eigenvalue weighted by atomic mass is 35.5.